The van der Waals surface area contributed by atoms with Crippen LogP contribution in [0.5, 0.6) is 0 Å². The zero-order chi connectivity index (χ0) is 103. The number of hydrogen-bond donors (Lipinski definition) is 2. The van der Waals surface area contributed by atoms with Crippen LogP contribution in [0.2, 0.25) is 5.02 Å². The van der Waals surface area contributed by atoms with Crippen molar-refractivity contribution in [1.29, 1.82) is 0 Å². The van der Waals surface area contributed by atoms with Crippen LogP contribution in [0.4, 0.5) is 43.8 Å². The Morgan fingerprint density at radius 2 is 0.680 bits per heavy atom. The summed E-state index contributed by atoms with van der Waals surface area (Å²) in [7, 11) is 0. The van der Waals surface area contributed by atoms with Gasteiger partial charge in [0, 0.05) is 198 Å². The number of hydrogen-bond acceptors (Lipinski definition) is 22. The van der Waals surface area contributed by atoms with Crippen molar-refractivity contribution < 1.29 is 26.3 Å². The first kappa shape index (κ1) is 97.1. The van der Waals surface area contributed by atoms with Gasteiger partial charge in [0.2, 0.25) is 5.95 Å². The highest BCUT2D eigenvalue weighted by Crippen LogP contribution is 2.44. The van der Waals surface area contributed by atoms with Crippen molar-refractivity contribution in [2.24, 2.45) is 0 Å². The van der Waals surface area contributed by atoms with E-state index in [4.69, 9.17) is 21.6 Å². The first-order chi connectivity index (χ1) is 73.3. The Morgan fingerprint density at radius 3 is 1.05 bits per heavy atom. The van der Waals surface area contributed by atoms with Gasteiger partial charge in [-0.05, 0) is 256 Å². The zero-order valence-corrected chi connectivity index (χ0v) is 81.4. The molecule has 34 heteroatoms. The molecule has 0 spiro atoms. The normalized spacial score (nSPS) is 12.2. The summed E-state index contributed by atoms with van der Waals surface area (Å²) in [5, 5.41) is 27.4. The third-order valence-corrected chi connectivity index (χ3v) is 25.2. The van der Waals surface area contributed by atoms with E-state index in [1.165, 1.54) is 48.2 Å². The first-order valence-corrected chi connectivity index (χ1v) is 48.3. The average molecular weight is 2010 g/mol. The fourth-order valence-electron chi connectivity index (χ4n) is 17.3. The Labute approximate surface area is 859 Å². The Balaban J connectivity index is 0.000000106. The van der Waals surface area contributed by atoms with E-state index >= 15 is 0 Å². The Hall–Kier alpha value is -19.0. The average Bonchev–Trinajstić information content (AvgIpc) is 0.855. The van der Waals surface area contributed by atoms with Crippen LogP contribution in [-0.4, -0.2) is 144 Å². The van der Waals surface area contributed by atoms with Crippen molar-refractivity contribution >= 4 is 57.3 Å². The van der Waals surface area contributed by atoms with E-state index in [1.807, 2.05) is 152 Å². The summed E-state index contributed by atoms with van der Waals surface area (Å²) < 4.78 is 88.3. The number of piperazine rings is 1. The maximum atomic E-state index is 13.8. The number of nitrogens with zero attached hydrogens (tertiary/aromatic N) is 25. The van der Waals surface area contributed by atoms with Crippen molar-refractivity contribution in [3.8, 4) is 135 Å². The summed E-state index contributed by atoms with van der Waals surface area (Å²) in [5.41, 5.74) is 27.5. The van der Waals surface area contributed by atoms with Gasteiger partial charge in [0.25, 0.3) is 0 Å². The molecule has 24 aromatic rings. The number of aromatic nitrogens is 24. The molecule has 2 fully saturated rings. The molecule has 6 aromatic carbocycles. The van der Waals surface area contributed by atoms with E-state index in [9.17, 15) is 26.3 Å². The van der Waals surface area contributed by atoms with Crippen molar-refractivity contribution in [2.45, 2.75) is 45.7 Å². The Morgan fingerprint density at radius 1 is 0.320 bits per heavy atom. The maximum Gasteiger partial charge on any atom is 0.416 e. The molecular weight excluding hydrogens is 1920 g/mol. The summed E-state index contributed by atoms with van der Waals surface area (Å²) in [5.74, 6) is 1.26. The number of rotatable bonds is 16. The van der Waals surface area contributed by atoms with Gasteiger partial charge in [-0.1, -0.05) is 65.7 Å². The second-order valence-corrected chi connectivity index (χ2v) is 35.5. The van der Waals surface area contributed by atoms with Gasteiger partial charge in [-0.3, -0.25) is 29.9 Å². The molecule has 1 saturated heterocycles. The molecule has 18 aromatic heterocycles. The molecule has 0 amide bonds. The molecule has 1 aliphatic heterocycles. The van der Waals surface area contributed by atoms with Crippen LogP contribution in [0, 0.1) is 38.2 Å². The van der Waals surface area contributed by atoms with E-state index in [1.54, 1.807) is 178 Å². The molecule has 0 unspecified atom stereocenters. The van der Waals surface area contributed by atoms with E-state index in [0.29, 0.717) is 50.9 Å². The zero-order valence-electron chi connectivity index (χ0n) is 80.6. The van der Waals surface area contributed by atoms with Crippen LogP contribution < -0.4 is 15.5 Å². The lowest BCUT2D eigenvalue weighted by atomic mass is 10.00. The molecule has 2 aliphatic rings. The van der Waals surface area contributed by atoms with Crippen LogP contribution in [0.15, 0.2) is 391 Å². The molecule has 736 valence electrons. The molecule has 1 aliphatic carbocycles. The van der Waals surface area contributed by atoms with E-state index < -0.39 is 17.6 Å². The second kappa shape index (κ2) is 43.9. The molecule has 27 nitrogen and oxygen atoms in total. The largest absolute Gasteiger partial charge is 0.416 e. The van der Waals surface area contributed by atoms with Crippen molar-refractivity contribution in [3.05, 3.63) is 441 Å². The highest BCUT2D eigenvalue weighted by atomic mass is 35.5. The van der Waals surface area contributed by atoms with Crippen LogP contribution in [0.1, 0.15) is 46.6 Å². The lowest BCUT2D eigenvalue weighted by Crippen LogP contribution is -2.43. The van der Waals surface area contributed by atoms with Gasteiger partial charge in [-0.25, -0.2) is 75.6 Å². The SMILES string of the molecule is Cc1cc(-c2ncccc2-c2ccn3nccc3n2)ccc1F.Cc1cc(-c2ncccc2-c2ccnc(Nc3ccc(N4CCNCC4)nc3)n2)ccc1F.Cc1cccc(-c2ncccc2-c2ccn3nccc3n2)c1.FC(F)(F)c1cccc(-c2ncccc2-c2ccn3nccc3n2)c1.Fc1ccc(-c2ncccc2-c2ccn3nccc3n2)cc1Cl.c1cc(-c2ncccc2-c2ccn3nccc3n2)cc(C2CC2)c1. The third-order valence-electron chi connectivity index (χ3n) is 24.9. The number of anilines is 3. The van der Waals surface area contributed by atoms with E-state index in [-0.39, 0.29) is 16.7 Å². The van der Waals surface area contributed by atoms with Gasteiger partial charge in [-0.15, -0.1) is 0 Å². The van der Waals surface area contributed by atoms with Crippen LogP contribution in [0.3, 0.4) is 0 Å². The van der Waals surface area contributed by atoms with Gasteiger partial charge in [-0.2, -0.15) is 38.7 Å². The fourth-order valence-corrected chi connectivity index (χ4v) is 17.5. The standard InChI is InChI=1S/C25H24FN7.C20H16N4.C18H11F3N4.C18H13FN4.C18H14N4.C17H10ClFN4/c1-17-15-18(4-6-21(17)26)24-20(3-2-9-28-24)22-8-10-29-25(32-22)31-19-5-7-23(30-16-19)33-13-11-27-12-14-33;1-3-15(14-6-7-14)13-16(4-1)20-17(5-2-10-21-20)18-9-12-24-19(23-18)8-11-22-24;19-18(20,21)13-4-1-3-12(11-13)17-14(5-2-8-22-17)15-7-10-25-16(24-15)6-9-23-25;1-12-11-13(4-5-15(12)19)18-14(3-2-8-20-18)16-7-10-23-17(22-16)6-9-21-23;1-13-4-2-5-14(12-13)18-15(6-3-9-19-18)16-8-11-22-17(21-16)7-10-20-22;18-13-10-11(3-4-14(13)19)17-12(2-1-7-20-17)15-6-9-23-16(22-15)5-8-21-23/h2-10,15-16,27H,11-14H2,1H3,(H,29,31,32);1-5,8-14H,6-7H2;1-11H;2-11H,1H3;2-12H,1H3;1-10H. The summed E-state index contributed by atoms with van der Waals surface area (Å²) >= 11 is 5.90. The van der Waals surface area contributed by atoms with Crippen LogP contribution in [0.25, 0.3) is 163 Å². The monoisotopic (exact) mass is 2010 g/mol. The molecule has 26 rings (SSSR count). The lowest BCUT2D eigenvalue weighted by molar-refractivity contribution is -0.137. The molecular formula is C116H88ClF6N27. The topological polar surface area (TPSA) is 294 Å². The molecule has 1 saturated carbocycles. The van der Waals surface area contributed by atoms with Gasteiger partial charge in [0.15, 0.2) is 28.2 Å². The van der Waals surface area contributed by atoms with Crippen molar-refractivity contribution in [1.82, 2.24) is 123 Å². The number of benzene rings is 6. The molecule has 19 heterocycles. The van der Waals surface area contributed by atoms with E-state index in [0.717, 1.165) is 185 Å². The molecule has 2 N–H and O–H groups in total. The maximum absolute atomic E-state index is 13.8. The predicted molar refractivity (Wildman–Crippen MR) is 568 cm³/mol. The van der Waals surface area contributed by atoms with Crippen LogP contribution >= 0.6 is 11.6 Å². The summed E-state index contributed by atoms with van der Waals surface area (Å²) in [6.45, 7) is 9.42. The highest BCUT2D eigenvalue weighted by molar-refractivity contribution is 6.31. The fraction of sp³-hybridized carbons (Fsp3) is 0.0948. The summed E-state index contributed by atoms with van der Waals surface area (Å²) in [6, 6.07) is 84.4. The minimum atomic E-state index is -4.40. The lowest BCUT2D eigenvalue weighted by Gasteiger charge is -2.28. The van der Waals surface area contributed by atoms with Crippen LogP contribution in [-0.2, 0) is 6.18 Å². The summed E-state index contributed by atoms with van der Waals surface area (Å²) in [4.78, 5) is 66.0. The highest BCUT2D eigenvalue weighted by Gasteiger charge is 2.32. The van der Waals surface area contributed by atoms with E-state index in [2.05, 4.69) is 168 Å². The number of nitrogens with one attached hydrogen (secondary N) is 2. The molecule has 150 heavy (non-hydrogen) atoms. The predicted octanol–water partition coefficient (Wildman–Crippen LogP) is 24.9. The Bertz CT molecular complexity index is 8810. The first-order valence-electron chi connectivity index (χ1n) is 47.9. The Kier molecular flexibility index (Phi) is 28.4. The van der Waals surface area contributed by atoms with Gasteiger partial charge in [0.1, 0.15) is 23.3 Å². The molecule has 0 radical (unpaired) electrons. The minimum Gasteiger partial charge on any atom is -0.354 e. The summed E-state index contributed by atoms with van der Waals surface area (Å²) in [6.07, 6.45) is 29.9. The quantitative estimate of drug-likeness (QED) is 0.0849. The minimum absolute atomic E-state index is 0.0679. The number of aryl methyl sites for hydroxylation is 3. The van der Waals surface area contributed by atoms with Gasteiger partial charge < -0.3 is 15.5 Å². The molecule has 0 atom stereocenters. The smallest absolute Gasteiger partial charge is 0.354 e. The van der Waals surface area contributed by atoms with Gasteiger partial charge >= 0.3 is 6.18 Å². The number of fused-ring (bicyclic) bond motifs is 5. The number of pyridine rings is 7. The number of alkyl halides is 3. The third kappa shape index (κ3) is 22.3. The number of halogens is 7. The second-order valence-electron chi connectivity index (χ2n) is 35.1. The van der Waals surface area contributed by atoms with Crippen molar-refractivity contribution in [3.63, 3.8) is 0 Å². The van der Waals surface area contributed by atoms with Gasteiger partial charge in [0.05, 0.1) is 122 Å². The molecule has 0 bridgehead atoms. The van der Waals surface area contributed by atoms with Crippen molar-refractivity contribution in [2.75, 3.05) is 36.4 Å².